The molecule has 1 fully saturated rings. The van der Waals surface area contributed by atoms with Gasteiger partial charge in [-0.15, -0.1) is 11.8 Å². The van der Waals surface area contributed by atoms with Gasteiger partial charge in [-0.3, -0.25) is 4.79 Å². The number of thioether (sulfide) groups is 1. The average Bonchev–Trinajstić information content (AvgIpc) is 3.00. The van der Waals surface area contributed by atoms with Gasteiger partial charge in [0.05, 0.1) is 0 Å². The van der Waals surface area contributed by atoms with Crippen LogP contribution >= 0.6 is 11.8 Å². The molecule has 2 nitrogen and oxygen atoms in total. The van der Waals surface area contributed by atoms with E-state index in [2.05, 4.69) is 43.9 Å². The fraction of sp³-hybridized carbons (Fsp3) is 0.650. The van der Waals surface area contributed by atoms with Crippen LogP contribution in [0.25, 0.3) is 0 Å². The second-order valence-corrected chi connectivity index (χ2v) is 7.88. The van der Waals surface area contributed by atoms with Crippen molar-refractivity contribution >= 4 is 17.7 Å². The third-order valence-electron chi connectivity index (χ3n) is 4.65. The summed E-state index contributed by atoms with van der Waals surface area (Å²) in [5.41, 5.74) is 3.91. The number of hydrogen-bond donors (Lipinski definition) is 0. The number of rotatable bonds is 8. The van der Waals surface area contributed by atoms with Crippen molar-refractivity contribution in [1.29, 1.82) is 0 Å². The highest BCUT2D eigenvalue weighted by Gasteiger charge is 2.30. The Morgan fingerprint density at radius 1 is 1.17 bits per heavy atom. The van der Waals surface area contributed by atoms with E-state index < -0.39 is 0 Å². The van der Waals surface area contributed by atoms with Crippen LogP contribution in [0.1, 0.15) is 73.9 Å². The van der Waals surface area contributed by atoms with Crippen molar-refractivity contribution in [2.45, 2.75) is 71.1 Å². The van der Waals surface area contributed by atoms with Crippen LogP contribution in [0.4, 0.5) is 0 Å². The average molecular weight is 334 g/mol. The Balaban J connectivity index is 1.87. The normalized spacial score (nSPS) is 17.7. The molecule has 1 heterocycles. The first-order valence-electron chi connectivity index (χ1n) is 9.11. The standard InChI is InChI=1S/C20H31NOS/c1-4-5-6-7-8-9-10-19(22)21-13-14-23-20(21)18-12-11-16(2)15-17(18)3/h11-12,15,20H,4-10,13-14H2,1-3H3/t20-/m1/s1. The van der Waals surface area contributed by atoms with Crippen LogP contribution in [0.2, 0.25) is 0 Å². The molecule has 23 heavy (non-hydrogen) atoms. The molecule has 1 aliphatic rings. The number of benzene rings is 1. The van der Waals surface area contributed by atoms with Crippen LogP contribution in [0.5, 0.6) is 0 Å². The molecule has 0 N–H and O–H groups in total. The summed E-state index contributed by atoms with van der Waals surface area (Å²) in [6.45, 7) is 7.43. The molecule has 3 heteroatoms. The Bertz CT molecular complexity index is 514. The number of carbonyl (C=O) groups is 1. The van der Waals surface area contributed by atoms with Crippen molar-refractivity contribution in [3.05, 3.63) is 34.9 Å². The van der Waals surface area contributed by atoms with Crippen molar-refractivity contribution in [1.82, 2.24) is 4.90 Å². The molecular formula is C20H31NOS. The zero-order chi connectivity index (χ0) is 16.7. The van der Waals surface area contributed by atoms with Crippen LogP contribution in [0.3, 0.4) is 0 Å². The van der Waals surface area contributed by atoms with Gasteiger partial charge in [-0.1, -0.05) is 62.8 Å². The SMILES string of the molecule is CCCCCCCCC(=O)N1CCS[C@@H]1c1ccc(C)cc1C. The lowest BCUT2D eigenvalue weighted by Gasteiger charge is -2.25. The van der Waals surface area contributed by atoms with Crippen LogP contribution in [-0.4, -0.2) is 23.1 Å². The van der Waals surface area contributed by atoms with Crippen LogP contribution in [0.15, 0.2) is 18.2 Å². The largest absolute Gasteiger partial charge is 0.326 e. The van der Waals surface area contributed by atoms with Gasteiger partial charge in [-0.2, -0.15) is 0 Å². The van der Waals surface area contributed by atoms with Crippen molar-refractivity contribution < 1.29 is 4.79 Å². The molecule has 1 aliphatic heterocycles. The quantitative estimate of drug-likeness (QED) is 0.575. The first kappa shape index (κ1) is 18.4. The smallest absolute Gasteiger partial charge is 0.223 e. The maximum absolute atomic E-state index is 12.6. The first-order chi connectivity index (χ1) is 11.1. The molecule has 0 radical (unpaired) electrons. The Labute approximate surface area is 146 Å². The summed E-state index contributed by atoms with van der Waals surface area (Å²) in [5, 5.41) is 0.225. The van der Waals surface area contributed by atoms with Crippen LogP contribution in [-0.2, 0) is 4.79 Å². The van der Waals surface area contributed by atoms with E-state index in [0.717, 1.165) is 18.7 Å². The number of carbonyl (C=O) groups excluding carboxylic acids is 1. The molecule has 1 aromatic carbocycles. The summed E-state index contributed by atoms with van der Waals surface area (Å²) >= 11 is 1.91. The summed E-state index contributed by atoms with van der Waals surface area (Å²) in [4.78, 5) is 14.7. The molecule has 1 amide bonds. The predicted molar refractivity (Wildman–Crippen MR) is 101 cm³/mol. The lowest BCUT2D eigenvalue weighted by molar-refractivity contribution is -0.131. The molecule has 1 saturated heterocycles. The van der Waals surface area contributed by atoms with E-state index in [1.165, 1.54) is 48.8 Å². The van der Waals surface area contributed by atoms with E-state index in [1.54, 1.807) is 0 Å². The van der Waals surface area contributed by atoms with Crippen molar-refractivity contribution in [2.24, 2.45) is 0 Å². The van der Waals surface area contributed by atoms with Gasteiger partial charge in [0.1, 0.15) is 5.37 Å². The first-order valence-corrected chi connectivity index (χ1v) is 10.2. The van der Waals surface area contributed by atoms with E-state index >= 15 is 0 Å². The Morgan fingerprint density at radius 3 is 2.65 bits per heavy atom. The van der Waals surface area contributed by atoms with Gasteiger partial charge in [0.2, 0.25) is 5.91 Å². The highest BCUT2D eigenvalue weighted by Crippen LogP contribution is 2.39. The van der Waals surface area contributed by atoms with Crippen LogP contribution in [0, 0.1) is 13.8 Å². The molecule has 1 aromatic rings. The second kappa shape index (κ2) is 9.36. The van der Waals surface area contributed by atoms with Crippen molar-refractivity contribution in [2.75, 3.05) is 12.3 Å². The summed E-state index contributed by atoms with van der Waals surface area (Å²) in [7, 11) is 0. The van der Waals surface area contributed by atoms with E-state index in [-0.39, 0.29) is 5.37 Å². The molecular weight excluding hydrogens is 302 g/mol. The maximum atomic E-state index is 12.6. The minimum Gasteiger partial charge on any atom is -0.326 e. The molecule has 0 aliphatic carbocycles. The van der Waals surface area contributed by atoms with E-state index in [4.69, 9.17) is 0 Å². The highest BCUT2D eigenvalue weighted by atomic mass is 32.2. The molecule has 1 atom stereocenters. The van der Waals surface area contributed by atoms with Crippen molar-refractivity contribution in [3.8, 4) is 0 Å². The Hall–Kier alpha value is -0.960. The van der Waals surface area contributed by atoms with E-state index in [0.29, 0.717) is 12.3 Å². The Morgan fingerprint density at radius 2 is 1.91 bits per heavy atom. The van der Waals surface area contributed by atoms with Gasteiger partial charge in [0.25, 0.3) is 0 Å². The van der Waals surface area contributed by atoms with E-state index in [9.17, 15) is 4.79 Å². The number of amides is 1. The zero-order valence-corrected chi connectivity index (χ0v) is 15.8. The lowest BCUT2D eigenvalue weighted by atomic mass is 10.0. The third kappa shape index (κ3) is 5.27. The van der Waals surface area contributed by atoms with E-state index in [1.807, 2.05) is 11.8 Å². The van der Waals surface area contributed by atoms with Gasteiger partial charge in [0, 0.05) is 18.7 Å². The highest BCUT2D eigenvalue weighted by molar-refractivity contribution is 7.99. The van der Waals surface area contributed by atoms with Gasteiger partial charge in [0.15, 0.2) is 0 Å². The summed E-state index contributed by atoms with van der Waals surface area (Å²) in [6, 6.07) is 6.60. The van der Waals surface area contributed by atoms with Gasteiger partial charge in [-0.05, 0) is 31.4 Å². The molecule has 0 bridgehead atoms. The molecule has 2 rings (SSSR count). The Kier molecular flexibility index (Phi) is 7.48. The van der Waals surface area contributed by atoms with Crippen molar-refractivity contribution in [3.63, 3.8) is 0 Å². The van der Waals surface area contributed by atoms with Gasteiger partial charge < -0.3 is 4.90 Å². The molecule has 128 valence electrons. The zero-order valence-electron chi connectivity index (χ0n) is 14.9. The number of nitrogens with zero attached hydrogens (tertiary/aromatic N) is 1. The minimum atomic E-state index is 0.225. The lowest BCUT2D eigenvalue weighted by Crippen LogP contribution is -2.30. The topological polar surface area (TPSA) is 20.3 Å². The summed E-state index contributed by atoms with van der Waals surface area (Å²) < 4.78 is 0. The van der Waals surface area contributed by atoms with Gasteiger partial charge >= 0.3 is 0 Å². The minimum absolute atomic E-state index is 0.225. The molecule has 0 aromatic heterocycles. The summed E-state index contributed by atoms with van der Waals surface area (Å²) in [5.74, 6) is 1.40. The molecule has 0 spiro atoms. The number of aryl methyl sites for hydroxylation is 2. The van der Waals surface area contributed by atoms with Crippen LogP contribution < -0.4 is 0 Å². The number of hydrogen-bond acceptors (Lipinski definition) is 2. The predicted octanol–water partition coefficient (Wildman–Crippen LogP) is 5.63. The molecule has 0 unspecified atom stereocenters. The third-order valence-corrected chi connectivity index (χ3v) is 5.89. The molecule has 0 saturated carbocycles. The fourth-order valence-electron chi connectivity index (χ4n) is 3.29. The monoisotopic (exact) mass is 333 g/mol. The second-order valence-electron chi connectivity index (χ2n) is 6.69. The fourth-order valence-corrected chi connectivity index (χ4v) is 4.66. The maximum Gasteiger partial charge on any atom is 0.223 e. The van der Waals surface area contributed by atoms with Gasteiger partial charge in [-0.25, -0.2) is 0 Å². The summed E-state index contributed by atoms with van der Waals surface area (Å²) in [6.07, 6.45) is 8.15. The number of unbranched alkanes of at least 4 members (excludes halogenated alkanes) is 5.